The molecule has 0 atom stereocenters. The number of nitrogen functional groups attached to an aromatic ring is 2. The Hall–Kier alpha value is -3.08. The second-order valence-corrected chi connectivity index (χ2v) is 7.07. The maximum Gasteiger partial charge on any atom is 0.222 e. The van der Waals surface area contributed by atoms with E-state index >= 15 is 0 Å². The van der Waals surface area contributed by atoms with E-state index in [9.17, 15) is 0 Å². The van der Waals surface area contributed by atoms with Crippen molar-refractivity contribution >= 4 is 57.9 Å². The Balaban J connectivity index is 1.85. The third kappa shape index (κ3) is 3.52. The van der Waals surface area contributed by atoms with Crippen molar-refractivity contribution in [2.24, 2.45) is 0 Å². The van der Waals surface area contributed by atoms with Crippen molar-refractivity contribution in [3.05, 3.63) is 82.0 Å². The predicted octanol–water partition coefficient (Wildman–Crippen LogP) is 5.94. The van der Waals surface area contributed by atoms with Gasteiger partial charge in [-0.15, -0.1) is 0 Å². The number of rotatable bonds is 3. The van der Waals surface area contributed by atoms with E-state index < -0.39 is 0 Å². The van der Waals surface area contributed by atoms with Crippen molar-refractivity contribution in [3.63, 3.8) is 0 Å². The van der Waals surface area contributed by atoms with Crippen molar-refractivity contribution in [3.8, 4) is 11.1 Å². The van der Waals surface area contributed by atoms with Gasteiger partial charge in [-0.3, -0.25) is 0 Å². The van der Waals surface area contributed by atoms with Crippen LogP contribution in [0.5, 0.6) is 0 Å². The summed E-state index contributed by atoms with van der Waals surface area (Å²) in [5.74, 6) is 0.391. The molecule has 3 aromatic carbocycles. The van der Waals surface area contributed by atoms with E-state index in [2.05, 4.69) is 28.2 Å². The second-order valence-electron chi connectivity index (χ2n) is 6.26. The summed E-state index contributed by atoms with van der Waals surface area (Å²) in [4.78, 5) is 8.48. The van der Waals surface area contributed by atoms with E-state index in [1.165, 1.54) is 0 Å². The van der Waals surface area contributed by atoms with Crippen LogP contribution in [-0.4, -0.2) is 9.97 Å². The zero-order chi connectivity index (χ0) is 19.7. The SMILES string of the molecule is Nc1nc(N)c(-c2ccc(Cl)c(Cl)c2)c(/C=C/c2cccc3ccccc23)n1. The van der Waals surface area contributed by atoms with Crippen LogP contribution >= 0.6 is 23.2 Å². The zero-order valence-electron chi connectivity index (χ0n) is 14.7. The average molecular weight is 407 g/mol. The highest BCUT2D eigenvalue weighted by atomic mass is 35.5. The van der Waals surface area contributed by atoms with Gasteiger partial charge >= 0.3 is 0 Å². The second kappa shape index (κ2) is 7.50. The van der Waals surface area contributed by atoms with Crippen molar-refractivity contribution in [1.29, 1.82) is 0 Å². The van der Waals surface area contributed by atoms with Crippen LogP contribution in [0.4, 0.5) is 11.8 Å². The van der Waals surface area contributed by atoms with Crippen LogP contribution in [0.25, 0.3) is 34.1 Å². The molecule has 0 unspecified atom stereocenters. The maximum atomic E-state index is 6.18. The molecule has 6 heteroatoms. The van der Waals surface area contributed by atoms with Crippen LogP contribution < -0.4 is 11.5 Å². The van der Waals surface area contributed by atoms with Gasteiger partial charge in [-0.2, -0.15) is 4.98 Å². The van der Waals surface area contributed by atoms with Crippen LogP contribution in [-0.2, 0) is 0 Å². The molecule has 0 spiro atoms. The molecule has 4 aromatic rings. The van der Waals surface area contributed by atoms with Gasteiger partial charge in [0.1, 0.15) is 5.82 Å². The molecule has 0 amide bonds. The highest BCUT2D eigenvalue weighted by molar-refractivity contribution is 6.42. The van der Waals surface area contributed by atoms with E-state index in [1.807, 2.05) is 42.5 Å². The Morgan fingerprint density at radius 3 is 2.39 bits per heavy atom. The first-order chi connectivity index (χ1) is 13.5. The van der Waals surface area contributed by atoms with Gasteiger partial charge in [0, 0.05) is 5.56 Å². The lowest BCUT2D eigenvalue weighted by atomic mass is 10.0. The summed E-state index contributed by atoms with van der Waals surface area (Å²) in [5, 5.41) is 3.20. The quantitative estimate of drug-likeness (QED) is 0.441. The Morgan fingerprint density at radius 2 is 1.57 bits per heavy atom. The van der Waals surface area contributed by atoms with E-state index in [1.54, 1.807) is 12.1 Å². The molecule has 4 rings (SSSR count). The first kappa shape index (κ1) is 18.3. The molecule has 4 nitrogen and oxygen atoms in total. The lowest BCUT2D eigenvalue weighted by Crippen LogP contribution is -2.04. The van der Waals surface area contributed by atoms with Gasteiger partial charge in [0.15, 0.2) is 0 Å². The van der Waals surface area contributed by atoms with Gasteiger partial charge in [0.05, 0.1) is 15.7 Å². The van der Waals surface area contributed by atoms with E-state index in [4.69, 9.17) is 34.7 Å². The maximum absolute atomic E-state index is 6.18. The molecule has 0 aliphatic carbocycles. The van der Waals surface area contributed by atoms with Crippen LogP contribution in [0, 0.1) is 0 Å². The highest BCUT2D eigenvalue weighted by Gasteiger charge is 2.13. The molecule has 0 aliphatic heterocycles. The number of halogens is 2. The fourth-order valence-electron chi connectivity index (χ4n) is 3.15. The van der Waals surface area contributed by atoms with Gasteiger partial charge < -0.3 is 11.5 Å². The minimum Gasteiger partial charge on any atom is -0.383 e. The molecule has 0 saturated carbocycles. The van der Waals surface area contributed by atoms with Gasteiger partial charge in [0.2, 0.25) is 5.95 Å². The largest absolute Gasteiger partial charge is 0.383 e. The van der Waals surface area contributed by atoms with E-state index in [0.717, 1.165) is 21.9 Å². The molecule has 0 bridgehead atoms. The molecular formula is C22H16Cl2N4. The fraction of sp³-hybridized carbons (Fsp3) is 0. The number of benzene rings is 3. The monoisotopic (exact) mass is 406 g/mol. The molecular weight excluding hydrogens is 391 g/mol. The standard InChI is InChI=1S/C22H16Cl2N4/c23-17-10-8-15(12-18(17)24)20-19(27-22(26)28-21(20)25)11-9-14-6-3-5-13-4-1-2-7-16(13)14/h1-12H,(H4,25,26,27,28)/b11-9+. The Kier molecular flexibility index (Phi) is 4.90. The summed E-state index contributed by atoms with van der Waals surface area (Å²) in [7, 11) is 0. The topological polar surface area (TPSA) is 77.8 Å². The van der Waals surface area contributed by atoms with Crippen LogP contribution in [0.2, 0.25) is 10.0 Å². The van der Waals surface area contributed by atoms with Crippen molar-refractivity contribution in [1.82, 2.24) is 9.97 Å². The first-order valence-electron chi connectivity index (χ1n) is 8.57. The summed E-state index contributed by atoms with van der Waals surface area (Å²) >= 11 is 12.2. The molecule has 28 heavy (non-hydrogen) atoms. The summed E-state index contributed by atoms with van der Waals surface area (Å²) in [6.45, 7) is 0. The molecule has 4 N–H and O–H groups in total. The molecule has 1 aromatic heterocycles. The third-order valence-corrected chi connectivity index (χ3v) is 5.17. The summed E-state index contributed by atoms with van der Waals surface area (Å²) in [6.07, 6.45) is 3.87. The number of nitrogens with zero attached hydrogens (tertiary/aromatic N) is 2. The summed E-state index contributed by atoms with van der Waals surface area (Å²) < 4.78 is 0. The molecule has 138 valence electrons. The summed E-state index contributed by atoms with van der Waals surface area (Å²) in [6, 6.07) is 19.6. The molecule has 0 saturated heterocycles. The van der Waals surface area contributed by atoms with Crippen molar-refractivity contribution in [2.75, 3.05) is 11.5 Å². The molecule has 0 radical (unpaired) electrons. The number of fused-ring (bicyclic) bond motifs is 1. The minimum atomic E-state index is 0.110. The van der Waals surface area contributed by atoms with Crippen LogP contribution in [0.1, 0.15) is 11.3 Å². The Morgan fingerprint density at radius 1 is 0.786 bits per heavy atom. The number of anilines is 2. The van der Waals surface area contributed by atoms with E-state index in [-0.39, 0.29) is 11.8 Å². The number of hydrogen-bond acceptors (Lipinski definition) is 4. The number of nitrogens with two attached hydrogens (primary N) is 2. The van der Waals surface area contributed by atoms with Crippen molar-refractivity contribution in [2.45, 2.75) is 0 Å². The van der Waals surface area contributed by atoms with Gasteiger partial charge in [-0.1, -0.05) is 77.8 Å². The first-order valence-corrected chi connectivity index (χ1v) is 9.33. The van der Waals surface area contributed by atoms with Crippen LogP contribution in [0.15, 0.2) is 60.7 Å². The van der Waals surface area contributed by atoms with E-state index in [0.29, 0.717) is 21.3 Å². The van der Waals surface area contributed by atoms with Crippen molar-refractivity contribution < 1.29 is 0 Å². The van der Waals surface area contributed by atoms with Crippen LogP contribution in [0.3, 0.4) is 0 Å². The minimum absolute atomic E-state index is 0.110. The molecule has 1 heterocycles. The predicted molar refractivity (Wildman–Crippen MR) is 119 cm³/mol. The highest BCUT2D eigenvalue weighted by Crippen LogP contribution is 2.34. The number of aromatic nitrogens is 2. The average Bonchev–Trinajstić information content (AvgIpc) is 2.68. The fourth-order valence-corrected chi connectivity index (χ4v) is 3.45. The molecule has 0 aliphatic rings. The van der Waals surface area contributed by atoms with Gasteiger partial charge in [0.25, 0.3) is 0 Å². The van der Waals surface area contributed by atoms with Gasteiger partial charge in [-0.05, 0) is 40.1 Å². The number of hydrogen-bond donors (Lipinski definition) is 2. The lowest BCUT2D eigenvalue weighted by Gasteiger charge is -2.11. The summed E-state index contributed by atoms with van der Waals surface area (Å²) in [5.41, 5.74) is 15.1. The third-order valence-electron chi connectivity index (χ3n) is 4.43. The Bertz CT molecular complexity index is 1210. The lowest BCUT2D eigenvalue weighted by molar-refractivity contribution is 1.18. The molecule has 0 fully saturated rings. The van der Waals surface area contributed by atoms with Gasteiger partial charge in [-0.25, -0.2) is 4.98 Å². The zero-order valence-corrected chi connectivity index (χ0v) is 16.2. The Labute approximate surface area is 172 Å². The smallest absolute Gasteiger partial charge is 0.222 e. The normalized spacial score (nSPS) is 11.4.